The summed E-state index contributed by atoms with van der Waals surface area (Å²) < 4.78 is 1.73. The highest BCUT2D eigenvalue weighted by molar-refractivity contribution is 6.29. The van der Waals surface area contributed by atoms with Gasteiger partial charge in [0.1, 0.15) is 5.69 Å². The highest BCUT2D eigenvalue weighted by Gasteiger charge is 2.03. The first-order chi connectivity index (χ1) is 6.27. The Morgan fingerprint density at radius 3 is 2.62 bits per heavy atom. The van der Waals surface area contributed by atoms with Crippen LogP contribution in [0, 0.1) is 0 Å². The smallest absolute Gasteiger partial charge is 0.151 e. The molecule has 0 radical (unpaired) electrons. The van der Waals surface area contributed by atoms with Crippen LogP contribution in [0.3, 0.4) is 0 Å². The normalized spacial score (nSPS) is 10.3. The number of hydrogen-bond donors (Lipinski definition) is 0. The van der Waals surface area contributed by atoms with E-state index in [-0.39, 0.29) is 0 Å². The summed E-state index contributed by atoms with van der Waals surface area (Å²) in [4.78, 5) is 0. The molecule has 13 heavy (non-hydrogen) atoms. The van der Waals surface area contributed by atoms with E-state index in [4.69, 9.17) is 11.6 Å². The lowest BCUT2D eigenvalue weighted by Gasteiger charge is -1.98. The van der Waals surface area contributed by atoms with Gasteiger partial charge in [-0.1, -0.05) is 11.6 Å². The highest BCUT2D eigenvalue weighted by atomic mass is 35.5. The third-order valence-electron chi connectivity index (χ3n) is 1.72. The Balaban J connectivity index is 2.47. The van der Waals surface area contributed by atoms with Crippen LogP contribution < -0.4 is 0 Å². The van der Waals surface area contributed by atoms with E-state index in [0.717, 1.165) is 11.4 Å². The summed E-state index contributed by atoms with van der Waals surface area (Å²) in [5.41, 5.74) is 1.69. The van der Waals surface area contributed by atoms with E-state index in [0.29, 0.717) is 5.15 Å². The van der Waals surface area contributed by atoms with Crippen LogP contribution in [0.4, 0.5) is 0 Å². The van der Waals surface area contributed by atoms with Gasteiger partial charge in [0.2, 0.25) is 0 Å². The molecular formula is C8H7ClN4. The Morgan fingerprint density at radius 1 is 1.23 bits per heavy atom. The summed E-state index contributed by atoms with van der Waals surface area (Å²) in [7, 11) is 1.85. The molecule has 0 aliphatic rings. The van der Waals surface area contributed by atoms with Crippen molar-refractivity contribution >= 4 is 11.6 Å². The Bertz CT molecular complexity index is 406. The SMILES string of the molecule is Cn1nccc1-c1ccc(Cl)nn1. The van der Waals surface area contributed by atoms with Crippen LogP contribution in [0.25, 0.3) is 11.4 Å². The minimum Gasteiger partial charge on any atom is -0.266 e. The van der Waals surface area contributed by atoms with Crippen LogP contribution in [-0.4, -0.2) is 20.0 Å². The largest absolute Gasteiger partial charge is 0.266 e. The molecular weight excluding hydrogens is 188 g/mol. The molecule has 66 valence electrons. The van der Waals surface area contributed by atoms with Crippen molar-refractivity contribution in [2.24, 2.45) is 7.05 Å². The van der Waals surface area contributed by atoms with E-state index in [1.807, 2.05) is 19.2 Å². The van der Waals surface area contributed by atoms with Crippen molar-refractivity contribution in [3.05, 3.63) is 29.5 Å². The summed E-state index contributed by atoms with van der Waals surface area (Å²) in [5, 5.41) is 12.1. The molecule has 2 heterocycles. The molecule has 2 rings (SSSR count). The van der Waals surface area contributed by atoms with Gasteiger partial charge in [-0.3, -0.25) is 4.68 Å². The zero-order valence-electron chi connectivity index (χ0n) is 6.98. The van der Waals surface area contributed by atoms with Gasteiger partial charge in [-0.05, 0) is 18.2 Å². The van der Waals surface area contributed by atoms with E-state index < -0.39 is 0 Å². The van der Waals surface area contributed by atoms with Gasteiger partial charge in [0.25, 0.3) is 0 Å². The predicted molar refractivity (Wildman–Crippen MR) is 49.2 cm³/mol. The maximum atomic E-state index is 5.62. The maximum absolute atomic E-state index is 5.62. The molecule has 4 nitrogen and oxygen atoms in total. The minimum atomic E-state index is 0.394. The van der Waals surface area contributed by atoms with Gasteiger partial charge in [0.05, 0.1) is 5.69 Å². The zero-order valence-corrected chi connectivity index (χ0v) is 7.73. The van der Waals surface area contributed by atoms with E-state index in [1.165, 1.54) is 0 Å². The van der Waals surface area contributed by atoms with Crippen LogP contribution in [0.2, 0.25) is 5.15 Å². The molecule has 5 heteroatoms. The van der Waals surface area contributed by atoms with E-state index >= 15 is 0 Å². The topological polar surface area (TPSA) is 43.6 Å². The molecule has 0 unspecified atom stereocenters. The van der Waals surface area contributed by atoms with Crippen molar-refractivity contribution in [2.75, 3.05) is 0 Å². The number of rotatable bonds is 1. The number of aromatic nitrogens is 4. The summed E-state index contributed by atoms with van der Waals surface area (Å²) in [6, 6.07) is 5.39. The zero-order chi connectivity index (χ0) is 9.26. The number of nitrogens with zero attached hydrogens (tertiary/aromatic N) is 4. The predicted octanol–water partition coefficient (Wildman–Crippen LogP) is 1.53. The fraction of sp³-hybridized carbons (Fsp3) is 0.125. The first kappa shape index (κ1) is 8.19. The fourth-order valence-electron chi connectivity index (χ4n) is 1.08. The third-order valence-corrected chi connectivity index (χ3v) is 1.92. The third kappa shape index (κ3) is 1.53. The Morgan fingerprint density at radius 2 is 2.08 bits per heavy atom. The van der Waals surface area contributed by atoms with Crippen LogP contribution in [-0.2, 0) is 7.05 Å². The number of halogens is 1. The lowest BCUT2D eigenvalue weighted by atomic mass is 10.3. The van der Waals surface area contributed by atoms with Gasteiger partial charge in [0, 0.05) is 13.2 Å². The molecule has 2 aromatic rings. The van der Waals surface area contributed by atoms with E-state index in [1.54, 1.807) is 16.9 Å². The summed E-state index contributed by atoms with van der Waals surface area (Å²) in [6.45, 7) is 0. The number of hydrogen-bond acceptors (Lipinski definition) is 3. The van der Waals surface area contributed by atoms with Crippen molar-refractivity contribution < 1.29 is 0 Å². The summed E-state index contributed by atoms with van der Waals surface area (Å²) >= 11 is 5.62. The van der Waals surface area contributed by atoms with Crippen molar-refractivity contribution in [2.45, 2.75) is 0 Å². The van der Waals surface area contributed by atoms with Gasteiger partial charge in [-0.15, -0.1) is 10.2 Å². The molecule has 0 saturated heterocycles. The second kappa shape index (κ2) is 3.14. The van der Waals surface area contributed by atoms with Gasteiger partial charge >= 0.3 is 0 Å². The summed E-state index contributed by atoms with van der Waals surface area (Å²) in [6.07, 6.45) is 1.71. The molecule has 0 fully saturated rings. The molecule has 0 aliphatic heterocycles. The second-order valence-corrected chi connectivity index (χ2v) is 2.97. The molecule has 0 saturated carbocycles. The fourth-order valence-corrected chi connectivity index (χ4v) is 1.18. The van der Waals surface area contributed by atoms with Gasteiger partial charge in [0.15, 0.2) is 5.15 Å². The molecule has 0 aromatic carbocycles. The number of aryl methyl sites for hydroxylation is 1. The average Bonchev–Trinajstić information content (AvgIpc) is 2.53. The lowest BCUT2D eigenvalue weighted by Crippen LogP contribution is -1.96. The lowest BCUT2D eigenvalue weighted by molar-refractivity contribution is 0.771. The Hall–Kier alpha value is -1.42. The molecule has 0 N–H and O–H groups in total. The first-order valence-corrected chi connectivity index (χ1v) is 4.13. The molecule has 0 aliphatic carbocycles. The van der Waals surface area contributed by atoms with Crippen molar-refractivity contribution in [3.63, 3.8) is 0 Å². The van der Waals surface area contributed by atoms with Crippen LogP contribution >= 0.6 is 11.6 Å². The standard InChI is InChI=1S/C8H7ClN4/c1-13-7(4-5-10-13)6-2-3-8(9)12-11-6/h2-5H,1H3. The summed E-state index contributed by atoms with van der Waals surface area (Å²) in [5.74, 6) is 0. The molecule has 0 bridgehead atoms. The average molecular weight is 195 g/mol. The van der Waals surface area contributed by atoms with Gasteiger partial charge < -0.3 is 0 Å². The molecule has 2 aromatic heterocycles. The quantitative estimate of drug-likeness (QED) is 0.692. The van der Waals surface area contributed by atoms with Gasteiger partial charge in [-0.25, -0.2) is 0 Å². The van der Waals surface area contributed by atoms with E-state index in [2.05, 4.69) is 15.3 Å². The van der Waals surface area contributed by atoms with Crippen LogP contribution in [0.5, 0.6) is 0 Å². The Kier molecular flexibility index (Phi) is 1.98. The molecule has 0 spiro atoms. The van der Waals surface area contributed by atoms with E-state index in [9.17, 15) is 0 Å². The Labute approximate surface area is 80.2 Å². The van der Waals surface area contributed by atoms with Crippen LogP contribution in [0.15, 0.2) is 24.4 Å². The second-order valence-electron chi connectivity index (χ2n) is 2.58. The van der Waals surface area contributed by atoms with Crippen molar-refractivity contribution in [3.8, 4) is 11.4 Å². The first-order valence-electron chi connectivity index (χ1n) is 3.75. The minimum absolute atomic E-state index is 0.394. The highest BCUT2D eigenvalue weighted by Crippen LogP contribution is 2.15. The maximum Gasteiger partial charge on any atom is 0.151 e. The molecule has 0 atom stereocenters. The molecule has 0 amide bonds. The van der Waals surface area contributed by atoms with Crippen molar-refractivity contribution in [1.29, 1.82) is 0 Å². The van der Waals surface area contributed by atoms with Crippen LogP contribution in [0.1, 0.15) is 0 Å². The van der Waals surface area contributed by atoms with Crippen molar-refractivity contribution in [1.82, 2.24) is 20.0 Å². The van der Waals surface area contributed by atoms with Gasteiger partial charge in [-0.2, -0.15) is 5.10 Å². The monoisotopic (exact) mass is 194 g/mol.